The van der Waals surface area contributed by atoms with Crippen molar-refractivity contribution in [3.05, 3.63) is 11.6 Å². The third kappa shape index (κ3) is 2.07. The first-order valence-electron chi connectivity index (χ1n) is 9.86. The summed E-state index contributed by atoms with van der Waals surface area (Å²) >= 11 is 0. The van der Waals surface area contributed by atoms with E-state index in [1.54, 1.807) is 6.92 Å². The Morgan fingerprint density at radius 1 is 1.12 bits per heavy atom. The molecule has 0 spiro atoms. The highest BCUT2D eigenvalue weighted by Gasteiger charge is 2.67. The van der Waals surface area contributed by atoms with Crippen LogP contribution in [0.3, 0.4) is 0 Å². The van der Waals surface area contributed by atoms with Crippen LogP contribution in [0.5, 0.6) is 0 Å². The Morgan fingerprint density at radius 3 is 2.52 bits per heavy atom. The molecule has 4 aliphatic rings. The van der Waals surface area contributed by atoms with Crippen LogP contribution < -0.4 is 0 Å². The van der Waals surface area contributed by atoms with E-state index in [1.807, 2.05) is 6.08 Å². The van der Waals surface area contributed by atoms with Gasteiger partial charge in [0.05, 0.1) is 0 Å². The topological polar surface area (TPSA) is 63.6 Å². The second-order valence-electron chi connectivity index (χ2n) is 9.44. The number of hydrogen-bond acceptors (Lipinski definition) is 4. The van der Waals surface area contributed by atoms with Gasteiger partial charge in [-0.1, -0.05) is 19.4 Å². The Hall–Kier alpha value is -1.00. The first-order chi connectivity index (χ1) is 11.8. The van der Waals surface area contributed by atoms with Crippen LogP contribution in [0.1, 0.15) is 72.1 Å². The number of hydrogen-bond donors (Lipinski definition) is 1. The van der Waals surface area contributed by atoms with E-state index in [4.69, 9.17) is 4.89 Å². The predicted octanol–water partition coefficient (Wildman–Crippen LogP) is 4.34. The molecule has 0 amide bonds. The fourth-order valence-electron chi connectivity index (χ4n) is 7.35. The van der Waals surface area contributed by atoms with E-state index < -0.39 is 5.60 Å². The van der Waals surface area contributed by atoms with Gasteiger partial charge in [0.1, 0.15) is 0 Å². The van der Waals surface area contributed by atoms with Gasteiger partial charge < -0.3 is 0 Å². The highest BCUT2D eigenvalue weighted by Crippen LogP contribution is 2.68. The lowest BCUT2D eigenvalue weighted by atomic mass is 9.46. The minimum atomic E-state index is -1.03. The number of carbonyl (C=O) groups is 2. The molecule has 4 rings (SSSR count). The first-order valence-corrected chi connectivity index (χ1v) is 9.86. The molecule has 4 heteroatoms. The van der Waals surface area contributed by atoms with Crippen LogP contribution in [-0.4, -0.2) is 22.4 Å². The summed E-state index contributed by atoms with van der Waals surface area (Å²) in [6, 6.07) is 0. The zero-order valence-corrected chi connectivity index (χ0v) is 15.6. The van der Waals surface area contributed by atoms with E-state index in [-0.39, 0.29) is 22.4 Å². The minimum Gasteiger partial charge on any atom is -0.297 e. The molecule has 0 saturated heterocycles. The third-order valence-corrected chi connectivity index (χ3v) is 8.81. The van der Waals surface area contributed by atoms with E-state index >= 15 is 0 Å². The maximum absolute atomic E-state index is 12.4. The largest absolute Gasteiger partial charge is 0.297 e. The fraction of sp³-hybridized carbons (Fsp3) is 0.810. The third-order valence-electron chi connectivity index (χ3n) is 8.81. The lowest BCUT2D eigenvalue weighted by Crippen LogP contribution is -2.57. The molecule has 0 aromatic carbocycles. The summed E-state index contributed by atoms with van der Waals surface area (Å²) in [5.74, 6) is 1.81. The molecule has 4 aliphatic carbocycles. The molecule has 0 bridgehead atoms. The maximum Gasteiger partial charge on any atom is 0.166 e. The first kappa shape index (κ1) is 17.4. The SMILES string of the molecule is CC(=O)[C@@]1(OO)CC[C@H]2[C@@H]3CCC4=CC(=O)CC[C@]4(C)[C@H]3CC[C@@]21C. The maximum atomic E-state index is 12.4. The van der Waals surface area contributed by atoms with Gasteiger partial charge in [0.15, 0.2) is 17.2 Å². The van der Waals surface area contributed by atoms with Crippen LogP contribution in [0.15, 0.2) is 11.6 Å². The molecular weight excluding hydrogens is 316 g/mol. The van der Waals surface area contributed by atoms with Gasteiger partial charge in [0.25, 0.3) is 0 Å². The number of carbonyl (C=O) groups excluding carboxylic acids is 2. The van der Waals surface area contributed by atoms with Crippen molar-refractivity contribution in [2.75, 3.05) is 0 Å². The van der Waals surface area contributed by atoms with Crippen LogP contribution in [0.4, 0.5) is 0 Å². The van der Waals surface area contributed by atoms with E-state index in [2.05, 4.69) is 13.8 Å². The van der Waals surface area contributed by atoms with Gasteiger partial charge in [0.2, 0.25) is 0 Å². The summed E-state index contributed by atoms with van der Waals surface area (Å²) in [5.41, 5.74) is 0.196. The quantitative estimate of drug-likeness (QED) is 0.597. The zero-order valence-electron chi connectivity index (χ0n) is 15.6. The fourth-order valence-corrected chi connectivity index (χ4v) is 7.35. The van der Waals surface area contributed by atoms with Crippen LogP contribution in [-0.2, 0) is 14.5 Å². The molecule has 138 valence electrons. The molecule has 6 atom stereocenters. The van der Waals surface area contributed by atoms with Crippen LogP contribution in [0.2, 0.25) is 0 Å². The number of rotatable bonds is 2. The summed E-state index contributed by atoms with van der Waals surface area (Å²) < 4.78 is 0. The predicted molar refractivity (Wildman–Crippen MR) is 93.8 cm³/mol. The van der Waals surface area contributed by atoms with Crippen molar-refractivity contribution in [3.8, 4) is 0 Å². The van der Waals surface area contributed by atoms with Gasteiger partial charge in [-0.25, -0.2) is 4.89 Å². The Kier molecular flexibility index (Phi) is 3.83. The van der Waals surface area contributed by atoms with Crippen molar-refractivity contribution < 1.29 is 19.7 Å². The zero-order chi connectivity index (χ0) is 18.0. The lowest BCUT2D eigenvalue weighted by Gasteiger charge is -2.58. The molecule has 1 N–H and O–H groups in total. The van der Waals surface area contributed by atoms with Crippen molar-refractivity contribution >= 4 is 11.6 Å². The molecule has 0 aliphatic heterocycles. The highest BCUT2D eigenvalue weighted by molar-refractivity contribution is 5.91. The average molecular weight is 346 g/mol. The van der Waals surface area contributed by atoms with E-state index in [9.17, 15) is 14.8 Å². The van der Waals surface area contributed by atoms with E-state index in [0.29, 0.717) is 30.6 Å². The summed E-state index contributed by atoms with van der Waals surface area (Å²) in [6.07, 6.45) is 9.21. The molecule has 0 aromatic rings. The standard InChI is InChI=1S/C21H30O4/c1-13(22)21(25-24)11-8-18-16-5-4-14-12-15(23)6-9-19(14,2)17(16)7-10-20(18,21)3/h12,16-18,24H,4-11H2,1-3H3/t16-,17+,18+,19+,20+,21+/m1/s1. The van der Waals surface area contributed by atoms with E-state index in [1.165, 1.54) is 5.57 Å². The van der Waals surface area contributed by atoms with Crippen molar-refractivity contribution in [3.63, 3.8) is 0 Å². The highest BCUT2D eigenvalue weighted by atomic mass is 17.1. The molecular formula is C21H30O4. The summed E-state index contributed by atoms with van der Waals surface area (Å²) in [5, 5.41) is 9.69. The summed E-state index contributed by atoms with van der Waals surface area (Å²) in [7, 11) is 0. The van der Waals surface area contributed by atoms with Gasteiger partial charge in [-0.15, -0.1) is 0 Å². The van der Waals surface area contributed by atoms with Crippen LogP contribution in [0, 0.1) is 28.6 Å². The van der Waals surface area contributed by atoms with E-state index in [0.717, 1.165) is 38.5 Å². The van der Waals surface area contributed by atoms with Crippen LogP contribution in [0.25, 0.3) is 0 Å². The Balaban J connectivity index is 1.70. The van der Waals surface area contributed by atoms with Crippen molar-refractivity contribution in [2.24, 2.45) is 28.6 Å². The second-order valence-corrected chi connectivity index (χ2v) is 9.44. The average Bonchev–Trinajstić information content (AvgIpc) is 2.89. The smallest absolute Gasteiger partial charge is 0.166 e. The van der Waals surface area contributed by atoms with Gasteiger partial charge in [-0.3, -0.25) is 14.8 Å². The number of fused-ring (bicyclic) bond motifs is 5. The van der Waals surface area contributed by atoms with Crippen LogP contribution >= 0.6 is 0 Å². The molecule has 25 heavy (non-hydrogen) atoms. The van der Waals surface area contributed by atoms with Crippen molar-refractivity contribution in [1.82, 2.24) is 0 Å². The number of Topliss-reactive ketones (excluding diaryl/α,β-unsaturated/α-hetero) is 1. The van der Waals surface area contributed by atoms with Crippen molar-refractivity contribution in [1.29, 1.82) is 0 Å². The second kappa shape index (κ2) is 5.50. The Labute approximate surface area is 149 Å². The normalized spacial score (nSPS) is 49.0. The Morgan fingerprint density at radius 2 is 1.84 bits per heavy atom. The molecule has 0 unspecified atom stereocenters. The molecule has 0 radical (unpaired) electrons. The van der Waals surface area contributed by atoms with Crippen molar-refractivity contribution in [2.45, 2.75) is 77.7 Å². The molecule has 0 aromatic heterocycles. The molecule has 3 saturated carbocycles. The molecule has 3 fully saturated rings. The van der Waals surface area contributed by atoms with Gasteiger partial charge in [-0.05, 0) is 81.1 Å². The van der Waals surface area contributed by atoms with Gasteiger partial charge in [-0.2, -0.15) is 0 Å². The monoisotopic (exact) mass is 346 g/mol. The van der Waals surface area contributed by atoms with Gasteiger partial charge >= 0.3 is 0 Å². The number of ketones is 2. The summed E-state index contributed by atoms with van der Waals surface area (Å²) in [4.78, 5) is 29.3. The summed E-state index contributed by atoms with van der Waals surface area (Å²) in [6.45, 7) is 6.09. The molecule has 4 nitrogen and oxygen atoms in total. The Bertz CT molecular complexity index is 652. The molecule has 0 heterocycles. The number of allylic oxidation sites excluding steroid dienone is 1. The van der Waals surface area contributed by atoms with Gasteiger partial charge in [0, 0.05) is 11.8 Å². The lowest BCUT2D eigenvalue weighted by molar-refractivity contribution is -0.339. The minimum absolute atomic E-state index is 0.0377.